The molecule has 1 aliphatic rings. The molecule has 0 saturated heterocycles. The molecule has 1 aromatic carbocycles. The van der Waals surface area contributed by atoms with Gasteiger partial charge in [-0.15, -0.1) is 0 Å². The predicted octanol–water partition coefficient (Wildman–Crippen LogP) is 3.74. The van der Waals surface area contributed by atoms with E-state index < -0.39 is 0 Å². The van der Waals surface area contributed by atoms with Gasteiger partial charge in [0.25, 0.3) is 0 Å². The van der Waals surface area contributed by atoms with Crippen molar-refractivity contribution in [2.75, 3.05) is 14.2 Å². The van der Waals surface area contributed by atoms with E-state index in [1.54, 1.807) is 14.2 Å². The number of methoxy groups -OCH3 is 2. The van der Waals surface area contributed by atoms with Crippen LogP contribution in [0.1, 0.15) is 31.7 Å². The summed E-state index contributed by atoms with van der Waals surface area (Å²) in [4.78, 5) is 0. The van der Waals surface area contributed by atoms with E-state index >= 15 is 0 Å². The van der Waals surface area contributed by atoms with Crippen molar-refractivity contribution in [3.8, 4) is 11.5 Å². The Morgan fingerprint density at radius 3 is 2.47 bits per heavy atom. The highest BCUT2D eigenvalue weighted by atomic mass is 79.9. The molecule has 1 N–H and O–H groups in total. The predicted molar refractivity (Wildman–Crippen MR) is 80.9 cm³/mol. The normalized spacial score (nSPS) is 22.5. The molecule has 1 fully saturated rings. The molecule has 0 aromatic heterocycles. The molecule has 2 atom stereocenters. The van der Waals surface area contributed by atoms with E-state index in [2.05, 4.69) is 28.2 Å². The van der Waals surface area contributed by atoms with Crippen molar-refractivity contribution in [1.82, 2.24) is 5.32 Å². The Morgan fingerprint density at radius 1 is 1.21 bits per heavy atom. The number of benzene rings is 1. The van der Waals surface area contributed by atoms with Gasteiger partial charge in [-0.25, -0.2) is 0 Å². The molecule has 0 heterocycles. The van der Waals surface area contributed by atoms with Crippen molar-refractivity contribution in [1.29, 1.82) is 0 Å². The Kier molecular flexibility index (Phi) is 5.11. The standard InChI is InChI=1S/C15H22BrNO2/c1-10-4-5-12(6-10)17-9-11-7-14(18-2)15(19-3)8-13(11)16/h7-8,10,12,17H,4-6,9H2,1-3H3. The summed E-state index contributed by atoms with van der Waals surface area (Å²) in [6.07, 6.45) is 3.90. The van der Waals surface area contributed by atoms with Crippen LogP contribution in [0.25, 0.3) is 0 Å². The van der Waals surface area contributed by atoms with Crippen LogP contribution in [0.2, 0.25) is 0 Å². The lowest BCUT2D eigenvalue weighted by atomic mass is 10.1. The Labute approximate surface area is 123 Å². The van der Waals surface area contributed by atoms with Crippen molar-refractivity contribution < 1.29 is 9.47 Å². The largest absolute Gasteiger partial charge is 0.493 e. The number of hydrogen-bond acceptors (Lipinski definition) is 3. The van der Waals surface area contributed by atoms with Gasteiger partial charge in [-0.05, 0) is 42.9 Å². The molecule has 106 valence electrons. The summed E-state index contributed by atoms with van der Waals surface area (Å²) in [5, 5.41) is 3.63. The Balaban J connectivity index is 2.03. The molecular weight excluding hydrogens is 306 g/mol. The number of halogens is 1. The summed E-state index contributed by atoms with van der Waals surface area (Å²) in [6.45, 7) is 3.19. The molecule has 2 rings (SSSR count). The van der Waals surface area contributed by atoms with E-state index in [1.165, 1.54) is 24.8 Å². The van der Waals surface area contributed by atoms with Crippen LogP contribution >= 0.6 is 15.9 Å². The lowest BCUT2D eigenvalue weighted by Crippen LogP contribution is -2.25. The summed E-state index contributed by atoms with van der Waals surface area (Å²) in [7, 11) is 3.32. The monoisotopic (exact) mass is 327 g/mol. The minimum atomic E-state index is 0.648. The zero-order chi connectivity index (χ0) is 13.8. The van der Waals surface area contributed by atoms with Gasteiger partial charge >= 0.3 is 0 Å². The third-order valence-corrected chi connectivity index (χ3v) is 4.57. The topological polar surface area (TPSA) is 30.5 Å². The van der Waals surface area contributed by atoms with Gasteiger partial charge in [0.2, 0.25) is 0 Å². The van der Waals surface area contributed by atoms with Gasteiger partial charge in [0.1, 0.15) is 0 Å². The molecule has 1 saturated carbocycles. The second-order valence-electron chi connectivity index (χ2n) is 5.29. The van der Waals surface area contributed by atoms with Gasteiger partial charge in [-0.1, -0.05) is 22.9 Å². The van der Waals surface area contributed by atoms with Crippen LogP contribution in [0.15, 0.2) is 16.6 Å². The molecule has 4 heteroatoms. The molecule has 0 bridgehead atoms. The maximum atomic E-state index is 5.35. The Hall–Kier alpha value is -0.740. The van der Waals surface area contributed by atoms with Crippen LogP contribution in [0.4, 0.5) is 0 Å². The lowest BCUT2D eigenvalue weighted by Gasteiger charge is -2.15. The molecule has 1 aliphatic carbocycles. The second kappa shape index (κ2) is 6.62. The Morgan fingerprint density at radius 2 is 1.89 bits per heavy atom. The summed E-state index contributed by atoms with van der Waals surface area (Å²) < 4.78 is 11.7. The molecule has 0 spiro atoms. The molecule has 19 heavy (non-hydrogen) atoms. The van der Waals surface area contributed by atoms with E-state index in [4.69, 9.17) is 9.47 Å². The molecule has 0 aliphatic heterocycles. The van der Waals surface area contributed by atoms with Crippen LogP contribution < -0.4 is 14.8 Å². The maximum absolute atomic E-state index is 5.35. The van der Waals surface area contributed by atoms with Gasteiger partial charge in [0, 0.05) is 17.1 Å². The first-order chi connectivity index (χ1) is 9.13. The summed E-state index contributed by atoms with van der Waals surface area (Å²) in [5.41, 5.74) is 1.21. The highest BCUT2D eigenvalue weighted by molar-refractivity contribution is 9.10. The van der Waals surface area contributed by atoms with Crippen molar-refractivity contribution in [3.63, 3.8) is 0 Å². The highest BCUT2D eigenvalue weighted by Crippen LogP contribution is 2.33. The van der Waals surface area contributed by atoms with Crippen LogP contribution in [-0.4, -0.2) is 20.3 Å². The average Bonchev–Trinajstić information content (AvgIpc) is 2.82. The molecule has 0 amide bonds. The Bertz CT molecular complexity index is 436. The van der Waals surface area contributed by atoms with Crippen molar-refractivity contribution >= 4 is 15.9 Å². The van der Waals surface area contributed by atoms with Crippen molar-refractivity contribution in [2.24, 2.45) is 5.92 Å². The minimum absolute atomic E-state index is 0.648. The van der Waals surface area contributed by atoms with E-state index in [0.717, 1.165) is 28.4 Å². The van der Waals surface area contributed by atoms with Crippen LogP contribution in [-0.2, 0) is 6.54 Å². The van der Waals surface area contributed by atoms with E-state index in [1.807, 2.05) is 12.1 Å². The van der Waals surface area contributed by atoms with Gasteiger partial charge in [-0.2, -0.15) is 0 Å². The first-order valence-electron chi connectivity index (χ1n) is 6.77. The van der Waals surface area contributed by atoms with Gasteiger partial charge in [-0.3, -0.25) is 0 Å². The molecule has 0 radical (unpaired) electrons. The number of ether oxygens (including phenoxy) is 2. The zero-order valence-corrected chi connectivity index (χ0v) is 13.4. The highest BCUT2D eigenvalue weighted by Gasteiger charge is 2.21. The number of hydrogen-bond donors (Lipinski definition) is 1. The molecule has 3 nitrogen and oxygen atoms in total. The molecular formula is C15H22BrNO2. The second-order valence-corrected chi connectivity index (χ2v) is 6.15. The third-order valence-electron chi connectivity index (χ3n) is 3.83. The maximum Gasteiger partial charge on any atom is 0.161 e. The van der Waals surface area contributed by atoms with E-state index in [-0.39, 0.29) is 0 Å². The fourth-order valence-electron chi connectivity index (χ4n) is 2.68. The molecule has 1 aromatic rings. The minimum Gasteiger partial charge on any atom is -0.493 e. The van der Waals surface area contributed by atoms with Gasteiger partial charge in [0.15, 0.2) is 11.5 Å². The van der Waals surface area contributed by atoms with Crippen LogP contribution in [0, 0.1) is 5.92 Å². The van der Waals surface area contributed by atoms with E-state index in [9.17, 15) is 0 Å². The summed E-state index contributed by atoms with van der Waals surface area (Å²) >= 11 is 3.60. The fourth-order valence-corrected chi connectivity index (χ4v) is 3.14. The summed E-state index contributed by atoms with van der Waals surface area (Å²) in [5.74, 6) is 2.39. The third kappa shape index (κ3) is 3.63. The average molecular weight is 328 g/mol. The van der Waals surface area contributed by atoms with Crippen LogP contribution in [0.3, 0.4) is 0 Å². The zero-order valence-electron chi connectivity index (χ0n) is 11.8. The van der Waals surface area contributed by atoms with Crippen LogP contribution in [0.5, 0.6) is 11.5 Å². The lowest BCUT2D eigenvalue weighted by molar-refractivity contribution is 0.354. The van der Waals surface area contributed by atoms with Gasteiger partial charge in [0.05, 0.1) is 14.2 Å². The SMILES string of the molecule is COc1cc(Br)c(CNC2CCC(C)C2)cc1OC. The number of nitrogens with one attached hydrogen (secondary N) is 1. The first-order valence-corrected chi connectivity index (χ1v) is 7.57. The van der Waals surface area contributed by atoms with Crippen molar-refractivity contribution in [2.45, 2.75) is 38.8 Å². The number of rotatable bonds is 5. The van der Waals surface area contributed by atoms with Gasteiger partial charge < -0.3 is 14.8 Å². The quantitative estimate of drug-likeness (QED) is 0.893. The fraction of sp³-hybridized carbons (Fsp3) is 0.600. The van der Waals surface area contributed by atoms with E-state index in [0.29, 0.717) is 6.04 Å². The smallest absolute Gasteiger partial charge is 0.161 e. The first kappa shape index (κ1) is 14.7. The van der Waals surface area contributed by atoms with Crippen molar-refractivity contribution in [3.05, 3.63) is 22.2 Å². The molecule has 2 unspecified atom stereocenters. The summed E-state index contributed by atoms with van der Waals surface area (Å²) in [6, 6.07) is 4.65.